The van der Waals surface area contributed by atoms with E-state index in [1.165, 1.54) is 21.3 Å². The second-order valence-electron chi connectivity index (χ2n) is 11.1. The lowest BCUT2D eigenvalue weighted by atomic mass is 9.70. The number of ether oxygens (including phenoxy) is 5. The summed E-state index contributed by atoms with van der Waals surface area (Å²) < 4.78 is 28.3. The maximum Gasteiger partial charge on any atom is 0.338 e. The molecule has 0 aromatic heterocycles. The summed E-state index contributed by atoms with van der Waals surface area (Å²) >= 11 is 0. The van der Waals surface area contributed by atoms with Gasteiger partial charge in [-0.2, -0.15) is 0 Å². The molecule has 38 heavy (non-hydrogen) atoms. The van der Waals surface area contributed by atoms with Crippen LogP contribution < -0.4 is 0 Å². The Labute approximate surface area is 225 Å². The van der Waals surface area contributed by atoms with Crippen LogP contribution in [0.15, 0.2) is 11.6 Å². The van der Waals surface area contributed by atoms with E-state index in [0.717, 1.165) is 0 Å². The Morgan fingerprint density at radius 2 is 1.66 bits per heavy atom. The Balaban J connectivity index is 2.56. The molecule has 0 radical (unpaired) electrons. The smallest absolute Gasteiger partial charge is 0.338 e. The number of hydrogen-bond acceptors (Lipinski definition) is 11. The first kappa shape index (κ1) is 33.1. The molecule has 0 aromatic rings. The lowest BCUT2D eigenvalue weighted by Crippen LogP contribution is -2.68. The van der Waals surface area contributed by atoms with Gasteiger partial charge in [-0.05, 0) is 18.9 Å². The van der Waals surface area contributed by atoms with E-state index in [-0.39, 0.29) is 38.2 Å². The number of esters is 1. The fourth-order valence-corrected chi connectivity index (χ4v) is 5.30. The highest BCUT2D eigenvalue weighted by molar-refractivity contribution is 5.75. The summed E-state index contributed by atoms with van der Waals surface area (Å²) in [5.74, 6) is -3.29. The zero-order valence-corrected chi connectivity index (χ0v) is 23.7. The molecule has 11 heteroatoms. The molecule has 2 bridgehead atoms. The first-order valence-electron chi connectivity index (χ1n) is 13.3. The topological polar surface area (TPSA) is 164 Å². The van der Waals surface area contributed by atoms with E-state index in [1.807, 2.05) is 13.0 Å². The molecule has 0 aliphatic carbocycles. The maximum atomic E-state index is 13.1. The van der Waals surface area contributed by atoms with Crippen LogP contribution in [0.5, 0.6) is 0 Å². The predicted molar refractivity (Wildman–Crippen MR) is 137 cm³/mol. The van der Waals surface area contributed by atoms with Crippen molar-refractivity contribution < 1.29 is 54.0 Å². The molecule has 5 N–H and O–H groups in total. The lowest BCUT2D eigenvalue weighted by Gasteiger charge is -2.54. The lowest BCUT2D eigenvalue weighted by molar-refractivity contribution is -0.379. The van der Waals surface area contributed by atoms with Crippen molar-refractivity contribution in [2.24, 2.45) is 11.3 Å². The van der Waals surface area contributed by atoms with Crippen LogP contribution in [0.4, 0.5) is 0 Å². The molecule has 2 aliphatic heterocycles. The Morgan fingerprint density at radius 3 is 2.18 bits per heavy atom. The molecule has 2 saturated heterocycles. The van der Waals surface area contributed by atoms with Gasteiger partial charge in [0.25, 0.3) is 0 Å². The quantitative estimate of drug-likeness (QED) is 0.224. The number of carbonyl (C=O) groups is 1. The molecule has 2 rings (SSSR count). The molecular weight excluding hydrogens is 500 g/mol. The zero-order chi connectivity index (χ0) is 28.8. The van der Waals surface area contributed by atoms with Crippen LogP contribution in [-0.4, -0.2) is 114 Å². The third-order valence-electron chi connectivity index (χ3n) is 8.37. The van der Waals surface area contributed by atoms with Gasteiger partial charge >= 0.3 is 5.97 Å². The first-order valence-corrected chi connectivity index (χ1v) is 13.3. The monoisotopic (exact) mass is 548 g/mol. The van der Waals surface area contributed by atoms with Crippen LogP contribution >= 0.6 is 0 Å². The van der Waals surface area contributed by atoms with E-state index >= 15 is 0 Å². The van der Waals surface area contributed by atoms with E-state index < -0.39 is 66.0 Å². The van der Waals surface area contributed by atoms with E-state index in [4.69, 9.17) is 23.7 Å². The van der Waals surface area contributed by atoms with Gasteiger partial charge in [-0.25, -0.2) is 4.79 Å². The summed E-state index contributed by atoms with van der Waals surface area (Å²) in [6.45, 7) is 6.81. The van der Waals surface area contributed by atoms with Crippen LogP contribution in [0.25, 0.3) is 0 Å². The summed E-state index contributed by atoms with van der Waals surface area (Å²) in [5.41, 5.74) is -0.730. The van der Waals surface area contributed by atoms with Crippen LogP contribution in [0, 0.1) is 11.3 Å². The summed E-state index contributed by atoms with van der Waals surface area (Å²) in [6, 6.07) is 0. The van der Waals surface area contributed by atoms with Crippen molar-refractivity contribution in [2.45, 2.75) is 114 Å². The van der Waals surface area contributed by atoms with Gasteiger partial charge < -0.3 is 49.2 Å². The largest absolute Gasteiger partial charge is 0.456 e. The maximum absolute atomic E-state index is 13.1. The van der Waals surface area contributed by atoms with Gasteiger partial charge in [0.2, 0.25) is 5.79 Å². The Kier molecular flexibility index (Phi) is 12.1. The van der Waals surface area contributed by atoms with Crippen molar-refractivity contribution in [1.29, 1.82) is 0 Å². The van der Waals surface area contributed by atoms with E-state index in [2.05, 4.69) is 0 Å². The molecule has 222 valence electrons. The molecule has 11 nitrogen and oxygen atoms in total. The van der Waals surface area contributed by atoms with Crippen molar-refractivity contribution in [2.75, 3.05) is 27.9 Å². The minimum atomic E-state index is -2.23. The average molecular weight is 549 g/mol. The Bertz CT molecular complexity index is 783. The van der Waals surface area contributed by atoms with Crippen molar-refractivity contribution >= 4 is 5.97 Å². The van der Waals surface area contributed by atoms with E-state index in [1.54, 1.807) is 20.8 Å². The average Bonchev–Trinajstić information content (AvgIpc) is 2.89. The number of fused-ring (bicyclic) bond motifs is 2. The molecule has 0 aromatic carbocycles. The molecule has 2 fully saturated rings. The third-order valence-corrected chi connectivity index (χ3v) is 8.37. The van der Waals surface area contributed by atoms with E-state index in [0.29, 0.717) is 12.0 Å². The number of hydrogen-bond donors (Lipinski definition) is 5. The standard InChI is InChI=1S/C27H48O11/c1-8-16(14-28)9-15(2)19-10-17(34-5)13-22(29)26(3,4)27(33)24(31)21(36-7)12-18(38-27)11-20(35-6)23(30)25(32)37-19/h9,16-24,28-31,33H,8,10-14H2,1-7H3/b15-9-/t16-,17-,18+,19+,20-,21-,22+,23?,24-,27+/m1/s1. The van der Waals surface area contributed by atoms with Crippen molar-refractivity contribution in [1.82, 2.24) is 0 Å². The SMILES string of the molecule is CC[C@H](/C=C(/C)[C@@H]1C[C@@H](OC)C[C@H](O)C(C)(C)[C@@]2(O)O[C@@H](C[C@@H](OC)C(O)C(=O)O1)C[C@@H](OC)[C@H]2O)CO. The van der Waals surface area contributed by atoms with Crippen LogP contribution in [0.1, 0.15) is 59.8 Å². The molecular formula is C27H48O11. The first-order chi connectivity index (χ1) is 17.8. The van der Waals surface area contributed by atoms with Crippen LogP contribution in [0.3, 0.4) is 0 Å². The summed E-state index contributed by atoms with van der Waals surface area (Å²) in [7, 11) is 4.20. The van der Waals surface area contributed by atoms with Crippen LogP contribution in [0.2, 0.25) is 0 Å². The molecule has 0 saturated carbocycles. The number of methoxy groups -OCH3 is 3. The fraction of sp³-hybridized carbons (Fsp3) is 0.889. The Morgan fingerprint density at radius 1 is 1.05 bits per heavy atom. The minimum absolute atomic E-state index is 0.0174. The van der Waals surface area contributed by atoms with Gasteiger partial charge in [0.1, 0.15) is 12.2 Å². The summed E-state index contributed by atoms with van der Waals surface area (Å²) in [5, 5.41) is 54.7. The molecule has 0 amide bonds. The van der Waals surface area contributed by atoms with Crippen LogP contribution in [-0.2, 0) is 28.5 Å². The highest BCUT2D eigenvalue weighted by atomic mass is 16.7. The van der Waals surface area contributed by atoms with Gasteiger partial charge in [0.05, 0.1) is 30.5 Å². The third kappa shape index (κ3) is 7.13. The molecule has 2 aliphatic rings. The number of carbonyl (C=O) groups excluding carboxylic acids is 1. The number of aliphatic hydroxyl groups is 5. The number of cyclic esters (lactones) is 1. The van der Waals surface area contributed by atoms with Gasteiger partial charge in [-0.1, -0.05) is 26.8 Å². The van der Waals surface area contributed by atoms with Crippen molar-refractivity contribution in [3.63, 3.8) is 0 Å². The normalized spacial score (nSPS) is 40.2. The zero-order valence-electron chi connectivity index (χ0n) is 23.7. The predicted octanol–water partition coefficient (Wildman–Crippen LogP) is 0.678. The van der Waals surface area contributed by atoms with Gasteiger partial charge in [0.15, 0.2) is 6.10 Å². The van der Waals surface area contributed by atoms with Crippen molar-refractivity contribution in [3.05, 3.63) is 11.6 Å². The number of rotatable bonds is 7. The molecule has 1 unspecified atom stereocenters. The van der Waals surface area contributed by atoms with Gasteiger partial charge in [-0.15, -0.1) is 0 Å². The van der Waals surface area contributed by atoms with Gasteiger partial charge in [-0.3, -0.25) is 0 Å². The fourth-order valence-electron chi connectivity index (χ4n) is 5.30. The van der Waals surface area contributed by atoms with E-state index in [9.17, 15) is 30.3 Å². The molecule has 10 atom stereocenters. The Hall–Kier alpha value is -1.15. The van der Waals surface area contributed by atoms with Gasteiger partial charge in [0, 0.05) is 65.0 Å². The molecule has 2 heterocycles. The summed E-state index contributed by atoms with van der Waals surface area (Å²) in [6.07, 6.45) is -5.71. The second kappa shape index (κ2) is 14.0. The number of aliphatic hydroxyl groups excluding tert-OH is 4. The highest BCUT2D eigenvalue weighted by Crippen LogP contribution is 2.46. The second-order valence-corrected chi connectivity index (χ2v) is 11.1. The molecule has 0 spiro atoms. The highest BCUT2D eigenvalue weighted by Gasteiger charge is 2.60. The summed E-state index contributed by atoms with van der Waals surface area (Å²) in [4.78, 5) is 13.1. The minimum Gasteiger partial charge on any atom is -0.456 e. The van der Waals surface area contributed by atoms with Crippen molar-refractivity contribution in [3.8, 4) is 0 Å².